The standard InChI is InChI=1S/C14H21N3O2S/c1-8(2)12(13(15)16-19)14(18)17-6-4-11-10(9(17)3)5-7-20-11/h5,7-9,12,19H,4,6H2,1-3H3,(H2,15,16). The van der Waals surface area contributed by atoms with Gasteiger partial charge in [-0.3, -0.25) is 4.79 Å². The molecule has 1 aromatic heterocycles. The van der Waals surface area contributed by atoms with Crippen molar-refractivity contribution in [3.8, 4) is 0 Å². The molecule has 1 aliphatic rings. The smallest absolute Gasteiger partial charge is 0.234 e. The van der Waals surface area contributed by atoms with Crippen molar-refractivity contribution in [2.45, 2.75) is 33.2 Å². The van der Waals surface area contributed by atoms with Gasteiger partial charge in [-0.25, -0.2) is 0 Å². The first kappa shape index (κ1) is 14.8. The Morgan fingerprint density at radius 1 is 1.60 bits per heavy atom. The third-order valence-corrected chi connectivity index (χ3v) is 4.92. The van der Waals surface area contributed by atoms with Crippen molar-refractivity contribution in [2.24, 2.45) is 22.7 Å². The van der Waals surface area contributed by atoms with Crippen molar-refractivity contribution in [3.63, 3.8) is 0 Å². The van der Waals surface area contributed by atoms with Gasteiger partial charge in [0.05, 0.1) is 6.04 Å². The van der Waals surface area contributed by atoms with Gasteiger partial charge in [0.15, 0.2) is 5.84 Å². The minimum absolute atomic E-state index is 0.00512. The largest absolute Gasteiger partial charge is 0.409 e. The fourth-order valence-electron chi connectivity index (χ4n) is 2.80. The lowest BCUT2D eigenvalue weighted by atomic mass is 9.91. The molecule has 0 saturated heterocycles. The highest BCUT2D eigenvalue weighted by Gasteiger charge is 2.35. The highest BCUT2D eigenvalue weighted by atomic mass is 32.1. The van der Waals surface area contributed by atoms with Crippen LogP contribution in [0.3, 0.4) is 0 Å². The van der Waals surface area contributed by atoms with Crippen LogP contribution in [0.5, 0.6) is 0 Å². The van der Waals surface area contributed by atoms with E-state index in [4.69, 9.17) is 10.9 Å². The molecule has 2 atom stereocenters. The fourth-order valence-corrected chi connectivity index (χ4v) is 3.77. The van der Waals surface area contributed by atoms with E-state index < -0.39 is 5.92 Å². The summed E-state index contributed by atoms with van der Waals surface area (Å²) < 4.78 is 0. The molecule has 0 spiro atoms. The maximum Gasteiger partial charge on any atom is 0.234 e. The normalized spacial score (nSPS) is 20.9. The second-order valence-electron chi connectivity index (χ2n) is 5.50. The highest BCUT2D eigenvalue weighted by Crippen LogP contribution is 2.34. The Morgan fingerprint density at radius 3 is 2.90 bits per heavy atom. The molecular formula is C14H21N3O2S. The molecule has 1 aromatic rings. The summed E-state index contributed by atoms with van der Waals surface area (Å²) in [7, 11) is 0. The average molecular weight is 295 g/mol. The topological polar surface area (TPSA) is 78.9 Å². The van der Waals surface area contributed by atoms with E-state index in [9.17, 15) is 4.79 Å². The second-order valence-corrected chi connectivity index (χ2v) is 6.50. The van der Waals surface area contributed by atoms with Gasteiger partial charge < -0.3 is 15.8 Å². The Morgan fingerprint density at radius 2 is 2.30 bits per heavy atom. The van der Waals surface area contributed by atoms with Crippen LogP contribution in [-0.4, -0.2) is 28.4 Å². The van der Waals surface area contributed by atoms with E-state index in [0.29, 0.717) is 6.54 Å². The molecule has 0 radical (unpaired) electrons. The number of oxime groups is 1. The van der Waals surface area contributed by atoms with Crippen molar-refractivity contribution in [1.82, 2.24) is 4.90 Å². The SMILES string of the molecule is CC(C)C(C(=O)N1CCc2sccc2C1C)C(N)=NO. The lowest BCUT2D eigenvalue weighted by molar-refractivity contribution is -0.137. The molecule has 3 N–H and O–H groups in total. The minimum Gasteiger partial charge on any atom is -0.409 e. The zero-order valence-corrected chi connectivity index (χ0v) is 12.9. The highest BCUT2D eigenvalue weighted by molar-refractivity contribution is 7.10. The van der Waals surface area contributed by atoms with Gasteiger partial charge in [0.1, 0.15) is 5.92 Å². The third kappa shape index (κ3) is 2.52. The van der Waals surface area contributed by atoms with Crippen molar-refractivity contribution in [1.29, 1.82) is 0 Å². The van der Waals surface area contributed by atoms with Gasteiger partial charge in [0.2, 0.25) is 5.91 Å². The molecule has 0 aliphatic carbocycles. The summed E-state index contributed by atoms with van der Waals surface area (Å²) in [4.78, 5) is 15.9. The van der Waals surface area contributed by atoms with E-state index in [-0.39, 0.29) is 23.7 Å². The average Bonchev–Trinajstić information content (AvgIpc) is 2.87. The van der Waals surface area contributed by atoms with Crippen LogP contribution < -0.4 is 5.73 Å². The zero-order valence-electron chi connectivity index (χ0n) is 12.0. The summed E-state index contributed by atoms with van der Waals surface area (Å²) in [6.45, 7) is 6.54. The molecule has 5 nitrogen and oxygen atoms in total. The van der Waals surface area contributed by atoms with Gasteiger partial charge in [-0.1, -0.05) is 19.0 Å². The number of nitrogens with two attached hydrogens (primary N) is 1. The van der Waals surface area contributed by atoms with Gasteiger partial charge in [-0.05, 0) is 36.3 Å². The van der Waals surface area contributed by atoms with E-state index in [0.717, 1.165) is 6.42 Å². The predicted molar refractivity (Wildman–Crippen MR) is 79.9 cm³/mol. The Labute approximate surface area is 123 Å². The summed E-state index contributed by atoms with van der Waals surface area (Å²) in [6.07, 6.45) is 0.879. The summed E-state index contributed by atoms with van der Waals surface area (Å²) in [6, 6.07) is 2.13. The number of carbonyl (C=O) groups is 1. The molecule has 2 unspecified atom stereocenters. The molecule has 2 heterocycles. The van der Waals surface area contributed by atoms with Crippen LogP contribution in [0, 0.1) is 11.8 Å². The molecule has 1 aliphatic heterocycles. The Kier molecular flexibility index (Phi) is 4.32. The number of rotatable bonds is 3. The van der Waals surface area contributed by atoms with Crippen molar-refractivity contribution in [3.05, 3.63) is 21.9 Å². The van der Waals surface area contributed by atoms with Crippen LogP contribution in [0.1, 0.15) is 37.3 Å². The van der Waals surface area contributed by atoms with Crippen molar-refractivity contribution < 1.29 is 10.0 Å². The van der Waals surface area contributed by atoms with Gasteiger partial charge in [0.25, 0.3) is 0 Å². The maximum atomic E-state index is 12.7. The number of thiophene rings is 1. The lowest BCUT2D eigenvalue weighted by Gasteiger charge is -2.36. The number of hydrogen-bond acceptors (Lipinski definition) is 4. The van der Waals surface area contributed by atoms with Crippen LogP contribution >= 0.6 is 11.3 Å². The fraction of sp³-hybridized carbons (Fsp3) is 0.571. The van der Waals surface area contributed by atoms with E-state index >= 15 is 0 Å². The number of nitrogens with zero attached hydrogens (tertiary/aromatic N) is 2. The molecule has 6 heteroatoms. The molecule has 0 aromatic carbocycles. The molecule has 110 valence electrons. The number of amidine groups is 1. The van der Waals surface area contributed by atoms with Gasteiger partial charge >= 0.3 is 0 Å². The summed E-state index contributed by atoms with van der Waals surface area (Å²) in [5.74, 6) is -0.634. The maximum absolute atomic E-state index is 12.7. The van der Waals surface area contributed by atoms with Crippen LogP contribution in [-0.2, 0) is 11.2 Å². The number of amides is 1. The van der Waals surface area contributed by atoms with E-state index in [1.54, 1.807) is 11.3 Å². The third-order valence-electron chi connectivity index (χ3n) is 3.93. The molecule has 0 fully saturated rings. The first-order valence-corrected chi connectivity index (χ1v) is 7.69. The summed E-state index contributed by atoms with van der Waals surface area (Å²) in [5.41, 5.74) is 6.92. The number of fused-ring (bicyclic) bond motifs is 1. The Hall–Kier alpha value is -1.56. The van der Waals surface area contributed by atoms with E-state index in [1.807, 2.05) is 25.7 Å². The molecular weight excluding hydrogens is 274 g/mol. The van der Waals surface area contributed by atoms with Gasteiger partial charge in [-0.2, -0.15) is 0 Å². The first-order chi connectivity index (χ1) is 9.47. The second kappa shape index (κ2) is 5.83. The predicted octanol–water partition coefficient (Wildman–Crippen LogP) is 2.21. The lowest BCUT2D eigenvalue weighted by Crippen LogP contribution is -2.47. The van der Waals surface area contributed by atoms with Crippen molar-refractivity contribution in [2.75, 3.05) is 6.54 Å². The van der Waals surface area contributed by atoms with Crippen molar-refractivity contribution >= 4 is 23.1 Å². The monoisotopic (exact) mass is 295 g/mol. The summed E-state index contributed by atoms with van der Waals surface area (Å²) >= 11 is 1.74. The minimum atomic E-state index is -0.567. The Bertz CT molecular complexity index is 524. The summed E-state index contributed by atoms with van der Waals surface area (Å²) in [5, 5.41) is 14.0. The van der Waals surface area contributed by atoms with E-state index in [2.05, 4.69) is 16.6 Å². The molecule has 0 saturated carbocycles. The van der Waals surface area contributed by atoms with Crippen LogP contribution in [0.2, 0.25) is 0 Å². The molecule has 0 bridgehead atoms. The number of carbonyl (C=O) groups excluding carboxylic acids is 1. The van der Waals surface area contributed by atoms with Crippen LogP contribution in [0.15, 0.2) is 16.6 Å². The van der Waals surface area contributed by atoms with Crippen LogP contribution in [0.4, 0.5) is 0 Å². The van der Waals surface area contributed by atoms with Gasteiger partial charge in [-0.15, -0.1) is 11.3 Å². The zero-order chi connectivity index (χ0) is 14.9. The molecule has 2 rings (SSSR count). The van der Waals surface area contributed by atoms with Crippen LogP contribution in [0.25, 0.3) is 0 Å². The number of hydrogen-bond donors (Lipinski definition) is 2. The first-order valence-electron chi connectivity index (χ1n) is 6.81. The quantitative estimate of drug-likeness (QED) is 0.388. The molecule has 20 heavy (non-hydrogen) atoms. The molecule has 1 amide bonds. The van der Waals surface area contributed by atoms with Gasteiger partial charge in [0, 0.05) is 11.4 Å². The Balaban J connectivity index is 2.25. The van der Waals surface area contributed by atoms with E-state index in [1.165, 1.54) is 10.4 Å².